The van der Waals surface area contributed by atoms with Gasteiger partial charge < -0.3 is 9.72 Å². The fraction of sp³-hybridized carbons (Fsp3) is 0.350. The van der Waals surface area contributed by atoms with Crippen molar-refractivity contribution in [3.8, 4) is 0 Å². The van der Waals surface area contributed by atoms with Crippen molar-refractivity contribution < 1.29 is 4.79 Å². The topological polar surface area (TPSA) is 67.5 Å². The maximum atomic E-state index is 12.7. The van der Waals surface area contributed by atoms with E-state index in [2.05, 4.69) is 28.6 Å². The molecule has 1 atom stereocenters. The normalized spacial score (nSPS) is 17.8. The van der Waals surface area contributed by atoms with Gasteiger partial charge in [0.2, 0.25) is 0 Å². The molecule has 1 saturated heterocycles. The molecule has 1 unspecified atom stereocenters. The van der Waals surface area contributed by atoms with Gasteiger partial charge in [0.25, 0.3) is 5.91 Å². The van der Waals surface area contributed by atoms with Gasteiger partial charge >= 0.3 is 0 Å². The van der Waals surface area contributed by atoms with E-state index in [0.29, 0.717) is 10.9 Å². The lowest BCUT2D eigenvalue weighted by Gasteiger charge is -2.16. The summed E-state index contributed by atoms with van der Waals surface area (Å²) in [5, 5.41) is 8.44. The maximum Gasteiger partial charge on any atom is 0.265 e. The second-order valence-corrected chi connectivity index (χ2v) is 8.51. The minimum atomic E-state index is -0.101. The smallest absolute Gasteiger partial charge is 0.265 e. The number of hydrogen-bond donors (Lipinski definition) is 1. The fourth-order valence-electron chi connectivity index (χ4n) is 4.04. The highest BCUT2D eigenvalue weighted by Crippen LogP contribution is 2.30. The van der Waals surface area contributed by atoms with Crippen molar-refractivity contribution in [1.82, 2.24) is 24.1 Å². The molecule has 0 spiro atoms. The molecule has 5 rings (SSSR count). The number of likely N-dealkylation sites (tertiary alicyclic amines) is 1. The lowest BCUT2D eigenvalue weighted by molar-refractivity contribution is 0.103. The quantitative estimate of drug-likeness (QED) is 0.576. The first-order valence-electron chi connectivity index (χ1n) is 9.43. The standard InChI is InChI=1S/C20H22N6OS/c1-12-14-9-17(28-20(14)25(3)23-12)19(27)21-13-6-7-18-22-15(11-26(18)10-13)16-5-4-8-24(16)2/h6-7,9-11,16H,4-5,8H2,1-3H3,(H,21,27). The zero-order valence-electron chi connectivity index (χ0n) is 16.1. The number of imidazole rings is 1. The van der Waals surface area contributed by atoms with Gasteiger partial charge in [-0.15, -0.1) is 11.3 Å². The van der Waals surface area contributed by atoms with E-state index in [1.54, 1.807) is 0 Å². The minimum absolute atomic E-state index is 0.101. The highest BCUT2D eigenvalue weighted by atomic mass is 32.1. The number of nitrogens with zero attached hydrogens (tertiary/aromatic N) is 5. The number of carbonyl (C=O) groups is 1. The van der Waals surface area contributed by atoms with Crippen LogP contribution in [-0.2, 0) is 7.05 Å². The van der Waals surface area contributed by atoms with E-state index in [1.165, 1.54) is 17.8 Å². The first-order chi connectivity index (χ1) is 13.5. The molecule has 1 amide bonds. The van der Waals surface area contributed by atoms with Crippen LogP contribution in [0.25, 0.3) is 15.9 Å². The number of nitrogens with one attached hydrogen (secondary N) is 1. The number of anilines is 1. The largest absolute Gasteiger partial charge is 0.320 e. The van der Waals surface area contributed by atoms with Crippen LogP contribution in [0.1, 0.15) is 39.9 Å². The van der Waals surface area contributed by atoms with E-state index >= 15 is 0 Å². The van der Waals surface area contributed by atoms with Crippen molar-refractivity contribution in [2.75, 3.05) is 18.9 Å². The Morgan fingerprint density at radius 1 is 1.29 bits per heavy atom. The molecule has 1 aliphatic rings. The van der Waals surface area contributed by atoms with E-state index < -0.39 is 0 Å². The number of aromatic nitrogens is 4. The Kier molecular flexibility index (Phi) is 3.99. The van der Waals surface area contributed by atoms with E-state index in [0.717, 1.165) is 45.9 Å². The lowest BCUT2D eigenvalue weighted by Crippen LogP contribution is -2.17. The second-order valence-electron chi connectivity index (χ2n) is 7.48. The van der Waals surface area contributed by atoms with Gasteiger partial charge in [-0.2, -0.15) is 5.10 Å². The van der Waals surface area contributed by atoms with Crippen molar-refractivity contribution >= 4 is 38.8 Å². The Balaban J connectivity index is 1.40. The molecule has 0 aliphatic carbocycles. The van der Waals surface area contributed by atoms with Crippen molar-refractivity contribution in [1.29, 1.82) is 0 Å². The average molecular weight is 395 g/mol. The molecule has 0 radical (unpaired) electrons. The number of pyridine rings is 1. The molecule has 28 heavy (non-hydrogen) atoms. The monoisotopic (exact) mass is 394 g/mol. The molecule has 0 saturated carbocycles. The summed E-state index contributed by atoms with van der Waals surface area (Å²) < 4.78 is 3.82. The third-order valence-corrected chi connectivity index (χ3v) is 6.71. The molecule has 0 aromatic carbocycles. The molecule has 0 bridgehead atoms. The number of hydrogen-bond acceptors (Lipinski definition) is 5. The van der Waals surface area contributed by atoms with Gasteiger partial charge in [-0.25, -0.2) is 4.98 Å². The van der Waals surface area contributed by atoms with Crippen LogP contribution >= 0.6 is 11.3 Å². The molecule has 144 valence electrons. The van der Waals surface area contributed by atoms with E-state index in [1.807, 2.05) is 47.4 Å². The molecule has 7 nitrogen and oxygen atoms in total. The molecule has 1 N–H and O–H groups in total. The van der Waals surface area contributed by atoms with Crippen molar-refractivity contribution in [3.63, 3.8) is 0 Å². The van der Waals surface area contributed by atoms with Crippen LogP contribution in [-0.4, -0.2) is 43.6 Å². The van der Waals surface area contributed by atoms with Crippen molar-refractivity contribution in [2.24, 2.45) is 7.05 Å². The first kappa shape index (κ1) is 17.4. The molecule has 8 heteroatoms. The summed E-state index contributed by atoms with van der Waals surface area (Å²) in [5.41, 5.74) is 3.69. The lowest BCUT2D eigenvalue weighted by atomic mass is 10.2. The van der Waals surface area contributed by atoms with Gasteiger partial charge in [-0.1, -0.05) is 0 Å². The average Bonchev–Trinajstić information content (AvgIpc) is 3.41. The molecule has 4 aromatic rings. The highest BCUT2D eigenvalue weighted by Gasteiger charge is 2.25. The van der Waals surface area contributed by atoms with Crippen LogP contribution in [0.5, 0.6) is 0 Å². The van der Waals surface area contributed by atoms with Crippen molar-refractivity contribution in [2.45, 2.75) is 25.8 Å². The Morgan fingerprint density at radius 3 is 2.89 bits per heavy atom. The number of fused-ring (bicyclic) bond motifs is 2. The van der Waals surface area contributed by atoms with E-state index in [-0.39, 0.29) is 5.91 Å². The van der Waals surface area contributed by atoms with Gasteiger partial charge in [0.1, 0.15) is 10.5 Å². The van der Waals surface area contributed by atoms with Crippen LogP contribution in [0.4, 0.5) is 5.69 Å². The Hall–Kier alpha value is -2.71. The summed E-state index contributed by atoms with van der Waals surface area (Å²) in [5.74, 6) is -0.101. The van der Waals surface area contributed by atoms with E-state index in [9.17, 15) is 4.79 Å². The first-order valence-corrected chi connectivity index (χ1v) is 10.2. The Bertz CT molecular complexity index is 1170. The van der Waals surface area contributed by atoms with Crippen LogP contribution in [0.2, 0.25) is 0 Å². The van der Waals surface area contributed by atoms with Crippen LogP contribution in [0, 0.1) is 6.92 Å². The Labute approximate surface area is 166 Å². The molecular weight excluding hydrogens is 372 g/mol. The SMILES string of the molecule is Cc1nn(C)c2sc(C(=O)Nc3ccc4nc(C5CCCN5C)cn4c3)cc12. The van der Waals surface area contributed by atoms with Crippen molar-refractivity contribution in [3.05, 3.63) is 46.9 Å². The van der Waals surface area contributed by atoms with Gasteiger partial charge in [-0.05, 0) is 51.6 Å². The molecule has 1 fully saturated rings. The summed E-state index contributed by atoms with van der Waals surface area (Å²) in [6.45, 7) is 3.08. The Morgan fingerprint density at radius 2 is 2.14 bits per heavy atom. The molecular formula is C20H22N6OS. The number of aryl methyl sites for hydroxylation is 2. The molecule has 4 aromatic heterocycles. The summed E-state index contributed by atoms with van der Waals surface area (Å²) in [6, 6.07) is 6.16. The number of amides is 1. The number of carbonyl (C=O) groups excluding carboxylic acids is 1. The zero-order chi connectivity index (χ0) is 19.4. The minimum Gasteiger partial charge on any atom is -0.320 e. The summed E-state index contributed by atoms with van der Waals surface area (Å²) in [7, 11) is 4.05. The van der Waals surface area contributed by atoms with E-state index in [4.69, 9.17) is 4.98 Å². The highest BCUT2D eigenvalue weighted by molar-refractivity contribution is 7.20. The number of thiophene rings is 1. The third kappa shape index (κ3) is 2.80. The second kappa shape index (κ2) is 6.42. The molecule has 5 heterocycles. The predicted octanol–water partition coefficient (Wildman–Crippen LogP) is 3.61. The van der Waals surface area contributed by atoms with Crippen LogP contribution < -0.4 is 5.32 Å². The summed E-state index contributed by atoms with van der Waals surface area (Å²) in [4.78, 5) is 21.5. The summed E-state index contributed by atoms with van der Waals surface area (Å²) in [6.07, 6.45) is 6.36. The molecule has 1 aliphatic heterocycles. The van der Waals surface area contributed by atoms with Crippen LogP contribution in [0.15, 0.2) is 30.6 Å². The van der Waals surface area contributed by atoms with Gasteiger partial charge in [-0.3, -0.25) is 14.4 Å². The van der Waals surface area contributed by atoms with Gasteiger partial charge in [0, 0.05) is 24.8 Å². The third-order valence-electron chi connectivity index (χ3n) is 5.51. The predicted molar refractivity (Wildman–Crippen MR) is 111 cm³/mol. The number of rotatable bonds is 3. The maximum absolute atomic E-state index is 12.7. The van der Waals surface area contributed by atoms with Gasteiger partial charge in [0.05, 0.1) is 28.0 Å². The van der Waals surface area contributed by atoms with Gasteiger partial charge in [0.15, 0.2) is 0 Å². The van der Waals surface area contributed by atoms with Crippen LogP contribution in [0.3, 0.4) is 0 Å². The zero-order valence-corrected chi connectivity index (χ0v) is 17.0. The summed E-state index contributed by atoms with van der Waals surface area (Å²) >= 11 is 1.46. The fourth-order valence-corrected chi connectivity index (χ4v) is 5.06.